The average molecular weight is 255 g/mol. The second kappa shape index (κ2) is 3.77. The molecule has 0 unspecified atom stereocenters. The van der Waals surface area contributed by atoms with Gasteiger partial charge in [-0.25, -0.2) is 4.98 Å². The van der Waals surface area contributed by atoms with Crippen molar-refractivity contribution in [1.82, 2.24) is 14.6 Å². The molecule has 0 saturated heterocycles. The third kappa shape index (κ3) is 1.73. The maximum Gasteiger partial charge on any atom is 0.357 e. The Hall–Kier alpha value is -2.03. The molecule has 0 aliphatic rings. The first kappa shape index (κ1) is 11.5. The Labute approximate surface area is 99.3 Å². The number of hydrogen-bond donors (Lipinski definition) is 0. The van der Waals surface area contributed by atoms with Crippen molar-refractivity contribution < 1.29 is 4.92 Å². The predicted molar refractivity (Wildman–Crippen MR) is 62.9 cm³/mol. The number of aryl methyl sites for hydroxylation is 1. The van der Waals surface area contributed by atoms with Gasteiger partial charge in [-0.05, 0) is 6.92 Å². The standard InChI is InChI=1S/C8H9N5O3S/c1-4-5(13(15)16)6(14)12-7(9-4)17-8(10-12)11(2)3/h1-3H3. The number of nitro groups is 1. The van der Waals surface area contributed by atoms with Crippen molar-refractivity contribution >= 4 is 27.1 Å². The van der Waals surface area contributed by atoms with Crippen LogP contribution in [0.1, 0.15) is 5.69 Å². The van der Waals surface area contributed by atoms with E-state index in [0.29, 0.717) is 10.1 Å². The van der Waals surface area contributed by atoms with E-state index in [0.717, 1.165) is 4.52 Å². The quantitative estimate of drug-likeness (QED) is 0.570. The molecule has 0 spiro atoms. The average Bonchev–Trinajstić information content (AvgIpc) is 2.60. The van der Waals surface area contributed by atoms with Gasteiger partial charge in [-0.3, -0.25) is 14.9 Å². The smallest absolute Gasteiger partial charge is 0.353 e. The summed E-state index contributed by atoms with van der Waals surface area (Å²) >= 11 is 1.20. The highest BCUT2D eigenvalue weighted by Crippen LogP contribution is 2.21. The van der Waals surface area contributed by atoms with Gasteiger partial charge in [0, 0.05) is 14.1 Å². The summed E-state index contributed by atoms with van der Waals surface area (Å²) in [7, 11) is 3.54. The Morgan fingerprint density at radius 2 is 2.12 bits per heavy atom. The summed E-state index contributed by atoms with van der Waals surface area (Å²) in [5.41, 5.74) is -1.17. The van der Waals surface area contributed by atoms with E-state index in [9.17, 15) is 14.9 Å². The molecule has 2 heterocycles. The van der Waals surface area contributed by atoms with E-state index in [1.54, 1.807) is 19.0 Å². The number of anilines is 1. The van der Waals surface area contributed by atoms with Gasteiger partial charge in [0.15, 0.2) is 0 Å². The first-order chi connectivity index (χ1) is 7.91. The molecule has 9 heteroatoms. The zero-order chi connectivity index (χ0) is 12.7. The molecule has 2 rings (SSSR count). The Morgan fingerprint density at radius 3 is 2.65 bits per heavy atom. The zero-order valence-electron chi connectivity index (χ0n) is 9.37. The SMILES string of the molecule is Cc1nc2sc(N(C)C)nn2c(=O)c1[N+](=O)[O-]. The monoisotopic (exact) mass is 255 g/mol. The first-order valence-electron chi connectivity index (χ1n) is 4.64. The molecule has 0 radical (unpaired) electrons. The Morgan fingerprint density at radius 1 is 1.47 bits per heavy atom. The molecule has 0 fully saturated rings. The molecule has 0 atom stereocenters. The van der Waals surface area contributed by atoms with E-state index in [1.807, 2.05) is 0 Å². The van der Waals surface area contributed by atoms with E-state index in [4.69, 9.17) is 0 Å². The van der Waals surface area contributed by atoms with Crippen molar-refractivity contribution in [2.45, 2.75) is 6.92 Å². The summed E-state index contributed by atoms with van der Waals surface area (Å²) in [6.07, 6.45) is 0. The molecule has 0 saturated carbocycles. The number of rotatable bonds is 2. The molecule has 0 aromatic carbocycles. The van der Waals surface area contributed by atoms with Crippen LogP contribution in [0.5, 0.6) is 0 Å². The van der Waals surface area contributed by atoms with Crippen LogP contribution in [-0.2, 0) is 0 Å². The number of nitrogens with zero attached hydrogens (tertiary/aromatic N) is 5. The molecular weight excluding hydrogens is 246 g/mol. The summed E-state index contributed by atoms with van der Waals surface area (Å²) in [6, 6.07) is 0. The minimum absolute atomic E-state index is 0.106. The third-order valence-corrected chi connectivity index (χ3v) is 3.19. The van der Waals surface area contributed by atoms with Crippen LogP contribution >= 0.6 is 11.3 Å². The maximum atomic E-state index is 11.8. The molecule has 0 N–H and O–H groups in total. The molecule has 0 bridgehead atoms. The van der Waals surface area contributed by atoms with Gasteiger partial charge >= 0.3 is 11.2 Å². The van der Waals surface area contributed by atoms with Crippen LogP contribution in [0.4, 0.5) is 10.8 Å². The van der Waals surface area contributed by atoms with Crippen LogP contribution in [0.2, 0.25) is 0 Å². The fourth-order valence-corrected chi connectivity index (χ4v) is 2.18. The third-order valence-electron chi connectivity index (χ3n) is 2.12. The van der Waals surface area contributed by atoms with Gasteiger partial charge in [0.2, 0.25) is 10.1 Å². The van der Waals surface area contributed by atoms with E-state index < -0.39 is 16.2 Å². The van der Waals surface area contributed by atoms with Crippen LogP contribution < -0.4 is 10.5 Å². The first-order valence-corrected chi connectivity index (χ1v) is 5.45. The Balaban J connectivity index is 2.83. The minimum Gasteiger partial charge on any atom is -0.353 e. The van der Waals surface area contributed by atoms with Crippen molar-refractivity contribution in [3.63, 3.8) is 0 Å². The maximum absolute atomic E-state index is 11.8. The van der Waals surface area contributed by atoms with Gasteiger partial charge < -0.3 is 4.90 Å². The van der Waals surface area contributed by atoms with E-state index in [2.05, 4.69) is 10.1 Å². The molecule has 2 aromatic heterocycles. The second-order valence-electron chi connectivity index (χ2n) is 3.58. The van der Waals surface area contributed by atoms with Gasteiger partial charge in [-0.1, -0.05) is 11.3 Å². The van der Waals surface area contributed by atoms with E-state index >= 15 is 0 Å². The van der Waals surface area contributed by atoms with Crippen LogP contribution in [0, 0.1) is 17.0 Å². The molecule has 2 aromatic rings. The molecule has 0 amide bonds. The number of fused-ring (bicyclic) bond motifs is 1. The molecular formula is C8H9N5O3S. The normalized spacial score (nSPS) is 10.8. The van der Waals surface area contributed by atoms with Crippen LogP contribution in [0.3, 0.4) is 0 Å². The van der Waals surface area contributed by atoms with Crippen molar-refractivity contribution in [1.29, 1.82) is 0 Å². The lowest BCUT2D eigenvalue weighted by Crippen LogP contribution is -2.20. The number of aromatic nitrogens is 3. The second-order valence-corrected chi connectivity index (χ2v) is 4.52. The van der Waals surface area contributed by atoms with Gasteiger partial charge in [-0.2, -0.15) is 4.52 Å². The summed E-state index contributed by atoms with van der Waals surface area (Å²) < 4.78 is 0.963. The summed E-state index contributed by atoms with van der Waals surface area (Å²) in [6.45, 7) is 1.44. The largest absolute Gasteiger partial charge is 0.357 e. The van der Waals surface area contributed by atoms with Crippen LogP contribution in [0.25, 0.3) is 4.96 Å². The van der Waals surface area contributed by atoms with Crippen molar-refractivity contribution in [2.75, 3.05) is 19.0 Å². The lowest BCUT2D eigenvalue weighted by molar-refractivity contribution is -0.387. The van der Waals surface area contributed by atoms with Crippen molar-refractivity contribution in [2.24, 2.45) is 0 Å². The Bertz CT molecular complexity index is 659. The van der Waals surface area contributed by atoms with Gasteiger partial charge in [0.05, 0.1) is 4.92 Å². The van der Waals surface area contributed by atoms with Gasteiger partial charge in [0.25, 0.3) is 0 Å². The highest BCUT2D eigenvalue weighted by molar-refractivity contribution is 7.20. The van der Waals surface area contributed by atoms with E-state index in [-0.39, 0.29) is 5.69 Å². The molecule has 8 nitrogen and oxygen atoms in total. The predicted octanol–water partition coefficient (Wildman–Crippen LogP) is 0.434. The highest BCUT2D eigenvalue weighted by Gasteiger charge is 2.22. The minimum atomic E-state index is -0.748. The molecule has 0 aliphatic carbocycles. The van der Waals surface area contributed by atoms with Crippen molar-refractivity contribution in [3.05, 3.63) is 26.2 Å². The zero-order valence-corrected chi connectivity index (χ0v) is 10.2. The fraction of sp³-hybridized carbons (Fsp3) is 0.375. The fourth-order valence-electron chi connectivity index (χ4n) is 1.32. The molecule has 90 valence electrons. The van der Waals surface area contributed by atoms with Crippen molar-refractivity contribution in [3.8, 4) is 0 Å². The molecule has 0 aliphatic heterocycles. The topological polar surface area (TPSA) is 93.6 Å². The van der Waals surface area contributed by atoms with Crippen LogP contribution in [0.15, 0.2) is 4.79 Å². The van der Waals surface area contributed by atoms with E-state index in [1.165, 1.54) is 18.3 Å². The summed E-state index contributed by atoms with van der Waals surface area (Å²) in [5.74, 6) is 0. The van der Waals surface area contributed by atoms with Crippen LogP contribution in [-0.4, -0.2) is 33.6 Å². The summed E-state index contributed by atoms with van der Waals surface area (Å²) in [4.78, 5) is 27.9. The lowest BCUT2D eigenvalue weighted by atomic mass is 10.4. The van der Waals surface area contributed by atoms with Gasteiger partial charge in [0.1, 0.15) is 5.69 Å². The molecule has 17 heavy (non-hydrogen) atoms. The highest BCUT2D eigenvalue weighted by atomic mass is 32.1. The lowest BCUT2D eigenvalue weighted by Gasteiger charge is -2.03. The number of hydrogen-bond acceptors (Lipinski definition) is 7. The summed E-state index contributed by atoms with van der Waals surface area (Å²) in [5, 5.41) is 15.3. The van der Waals surface area contributed by atoms with Gasteiger partial charge in [-0.15, -0.1) is 5.10 Å². The Kier molecular flexibility index (Phi) is 2.54.